The molecule has 0 radical (unpaired) electrons. The van der Waals surface area contributed by atoms with Crippen molar-refractivity contribution in [2.45, 2.75) is 12.5 Å². The zero-order chi connectivity index (χ0) is 14.2. The number of nitrogens with zero attached hydrogens (tertiary/aromatic N) is 3. The molecule has 3 aromatic rings. The maximum Gasteiger partial charge on any atom is 0.142 e. The molecule has 1 fully saturated rings. The topological polar surface area (TPSA) is 86.6 Å². The van der Waals surface area contributed by atoms with E-state index in [1.807, 2.05) is 6.07 Å². The largest absolute Gasteiger partial charge is 0.488 e. The summed E-state index contributed by atoms with van der Waals surface area (Å²) in [5, 5.41) is 14.2. The molecule has 1 atom stereocenters. The Morgan fingerprint density at radius 1 is 1.38 bits per heavy atom. The molecule has 6 nitrogen and oxygen atoms in total. The molecule has 2 N–H and O–H groups in total. The summed E-state index contributed by atoms with van der Waals surface area (Å²) in [6.07, 6.45) is 4.57. The summed E-state index contributed by atoms with van der Waals surface area (Å²) in [4.78, 5) is 11.6. The third-order valence-corrected chi connectivity index (χ3v) is 3.76. The highest BCUT2D eigenvalue weighted by Crippen LogP contribution is 2.32. The van der Waals surface area contributed by atoms with Crippen molar-refractivity contribution in [1.29, 1.82) is 5.26 Å². The number of nitrogens with one attached hydrogen (secondary N) is 2. The molecule has 0 bridgehead atoms. The van der Waals surface area contributed by atoms with Crippen LogP contribution in [0.3, 0.4) is 0 Å². The second-order valence-electron chi connectivity index (χ2n) is 5.12. The zero-order valence-corrected chi connectivity index (χ0v) is 11.3. The second-order valence-corrected chi connectivity index (χ2v) is 5.12. The van der Waals surface area contributed by atoms with E-state index in [0.29, 0.717) is 5.69 Å². The summed E-state index contributed by atoms with van der Waals surface area (Å²) >= 11 is 0. The summed E-state index contributed by atoms with van der Waals surface area (Å²) in [7, 11) is 0. The molecule has 0 amide bonds. The Hall–Kier alpha value is -2.65. The van der Waals surface area contributed by atoms with Crippen LogP contribution in [0.2, 0.25) is 0 Å². The fourth-order valence-electron chi connectivity index (χ4n) is 2.76. The Balaban J connectivity index is 1.91. The fourth-order valence-corrected chi connectivity index (χ4v) is 2.76. The highest BCUT2D eigenvalue weighted by molar-refractivity contribution is 6.09. The fraction of sp³-hybridized carbons (Fsp3) is 0.267. The lowest BCUT2D eigenvalue weighted by Gasteiger charge is -2.13. The van der Waals surface area contributed by atoms with Crippen LogP contribution in [0, 0.1) is 11.3 Å². The van der Waals surface area contributed by atoms with Crippen LogP contribution in [0.1, 0.15) is 12.1 Å². The van der Waals surface area contributed by atoms with Crippen LogP contribution in [-0.4, -0.2) is 34.1 Å². The van der Waals surface area contributed by atoms with Crippen molar-refractivity contribution in [1.82, 2.24) is 20.3 Å². The third kappa shape index (κ3) is 1.99. The number of nitriles is 1. The average molecular weight is 279 g/mol. The molecule has 21 heavy (non-hydrogen) atoms. The lowest BCUT2D eigenvalue weighted by molar-refractivity contribution is 0.226. The molecule has 1 aliphatic heterocycles. The van der Waals surface area contributed by atoms with E-state index in [1.54, 1.807) is 18.5 Å². The van der Waals surface area contributed by atoms with Gasteiger partial charge < -0.3 is 15.0 Å². The predicted molar refractivity (Wildman–Crippen MR) is 78.0 cm³/mol. The van der Waals surface area contributed by atoms with Crippen molar-refractivity contribution >= 4 is 21.9 Å². The van der Waals surface area contributed by atoms with Crippen LogP contribution in [-0.2, 0) is 0 Å². The van der Waals surface area contributed by atoms with Gasteiger partial charge in [-0.3, -0.25) is 0 Å². The van der Waals surface area contributed by atoms with E-state index < -0.39 is 0 Å². The van der Waals surface area contributed by atoms with Crippen LogP contribution in [0.5, 0.6) is 5.75 Å². The van der Waals surface area contributed by atoms with Gasteiger partial charge in [0.05, 0.1) is 17.1 Å². The van der Waals surface area contributed by atoms with E-state index in [9.17, 15) is 0 Å². The van der Waals surface area contributed by atoms with Gasteiger partial charge in [0.2, 0.25) is 0 Å². The lowest BCUT2D eigenvalue weighted by atomic mass is 10.2. The first kappa shape index (κ1) is 12.1. The van der Waals surface area contributed by atoms with E-state index >= 15 is 0 Å². The van der Waals surface area contributed by atoms with Crippen LogP contribution in [0.25, 0.3) is 21.9 Å². The van der Waals surface area contributed by atoms with Gasteiger partial charge >= 0.3 is 0 Å². The normalized spacial score (nSPS) is 18.1. The minimum absolute atomic E-state index is 0.179. The number of pyridine rings is 2. The van der Waals surface area contributed by atoms with Gasteiger partial charge in [-0.1, -0.05) is 0 Å². The molecule has 3 aromatic heterocycles. The number of fused-ring (bicyclic) bond motifs is 3. The SMILES string of the molecule is N#Cc1cc2c(cn1)[nH]c1nccc(O[C@@H]3CCNC3)c12. The van der Waals surface area contributed by atoms with Gasteiger partial charge in [0.15, 0.2) is 0 Å². The van der Waals surface area contributed by atoms with E-state index in [4.69, 9.17) is 10.00 Å². The number of hydrogen-bond donors (Lipinski definition) is 2. The molecule has 4 heterocycles. The molecular weight excluding hydrogens is 266 g/mol. The quantitative estimate of drug-likeness (QED) is 0.746. The van der Waals surface area contributed by atoms with Crippen molar-refractivity contribution < 1.29 is 4.74 Å². The van der Waals surface area contributed by atoms with Crippen molar-refractivity contribution in [3.05, 3.63) is 30.2 Å². The molecule has 0 aliphatic carbocycles. The van der Waals surface area contributed by atoms with Gasteiger partial charge in [0.25, 0.3) is 0 Å². The molecule has 0 aromatic carbocycles. The van der Waals surface area contributed by atoms with Crippen molar-refractivity contribution in [2.75, 3.05) is 13.1 Å². The van der Waals surface area contributed by atoms with Crippen LogP contribution in [0.4, 0.5) is 0 Å². The molecule has 1 saturated heterocycles. The molecule has 4 rings (SSSR count). The lowest BCUT2D eigenvalue weighted by Crippen LogP contribution is -2.19. The number of rotatable bonds is 2. The number of aromatic nitrogens is 3. The van der Waals surface area contributed by atoms with Gasteiger partial charge in [-0.25, -0.2) is 9.97 Å². The first-order chi connectivity index (χ1) is 10.3. The van der Waals surface area contributed by atoms with Gasteiger partial charge in [0, 0.05) is 18.1 Å². The Morgan fingerprint density at radius 3 is 3.14 bits per heavy atom. The monoisotopic (exact) mass is 279 g/mol. The summed E-state index contributed by atoms with van der Waals surface area (Å²) in [6.45, 7) is 1.84. The summed E-state index contributed by atoms with van der Waals surface area (Å²) in [6, 6.07) is 5.72. The van der Waals surface area contributed by atoms with Gasteiger partial charge in [-0.05, 0) is 25.1 Å². The number of aromatic amines is 1. The Kier molecular flexibility index (Phi) is 2.72. The Morgan fingerprint density at radius 2 is 2.33 bits per heavy atom. The molecule has 0 unspecified atom stereocenters. The van der Waals surface area contributed by atoms with Crippen LogP contribution < -0.4 is 10.1 Å². The zero-order valence-electron chi connectivity index (χ0n) is 11.3. The second kappa shape index (κ2) is 4.72. The summed E-state index contributed by atoms with van der Waals surface area (Å²) < 4.78 is 6.10. The number of H-pyrrole nitrogens is 1. The molecule has 1 aliphatic rings. The van der Waals surface area contributed by atoms with E-state index in [0.717, 1.165) is 47.2 Å². The molecular formula is C15H13N5O. The number of ether oxygens (including phenoxy) is 1. The molecule has 6 heteroatoms. The highest BCUT2D eigenvalue weighted by atomic mass is 16.5. The third-order valence-electron chi connectivity index (χ3n) is 3.76. The smallest absolute Gasteiger partial charge is 0.142 e. The predicted octanol–water partition coefficient (Wildman–Crippen LogP) is 1.72. The maximum atomic E-state index is 9.03. The van der Waals surface area contributed by atoms with Crippen molar-refractivity contribution in [3.8, 4) is 11.8 Å². The summed E-state index contributed by atoms with van der Waals surface area (Å²) in [5.41, 5.74) is 2.00. The maximum absolute atomic E-state index is 9.03. The van der Waals surface area contributed by atoms with E-state index in [1.165, 1.54) is 0 Å². The first-order valence-electron chi connectivity index (χ1n) is 6.89. The minimum Gasteiger partial charge on any atom is -0.488 e. The van der Waals surface area contributed by atoms with Crippen LogP contribution >= 0.6 is 0 Å². The molecule has 104 valence electrons. The highest BCUT2D eigenvalue weighted by Gasteiger charge is 2.19. The first-order valence-corrected chi connectivity index (χ1v) is 6.89. The van der Waals surface area contributed by atoms with Gasteiger partial charge in [0.1, 0.15) is 29.3 Å². The molecule has 0 saturated carbocycles. The average Bonchev–Trinajstić information content (AvgIpc) is 3.13. The number of hydrogen-bond acceptors (Lipinski definition) is 5. The van der Waals surface area contributed by atoms with E-state index in [2.05, 4.69) is 26.3 Å². The van der Waals surface area contributed by atoms with Gasteiger partial charge in [-0.15, -0.1) is 0 Å². The van der Waals surface area contributed by atoms with Crippen molar-refractivity contribution in [3.63, 3.8) is 0 Å². The van der Waals surface area contributed by atoms with Gasteiger partial charge in [-0.2, -0.15) is 5.26 Å². The Labute approximate surface area is 120 Å². The van der Waals surface area contributed by atoms with E-state index in [-0.39, 0.29) is 6.10 Å². The minimum atomic E-state index is 0.179. The standard InChI is InChI=1S/C15H13N5O/c16-6-9-5-11-12(8-19-9)20-15-14(11)13(2-4-18-15)21-10-1-3-17-7-10/h2,4-5,8,10,17H,1,3,7H2,(H,18,20)/t10-/m1/s1. The van der Waals surface area contributed by atoms with Crippen molar-refractivity contribution in [2.24, 2.45) is 0 Å². The Bertz CT molecular complexity index is 857. The summed E-state index contributed by atoms with van der Waals surface area (Å²) in [5.74, 6) is 0.801. The van der Waals surface area contributed by atoms with Crippen LogP contribution in [0.15, 0.2) is 24.5 Å². The molecule has 0 spiro atoms.